The van der Waals surface area contributed by atoms with Crippen LogP contribution in [-0.2, 0) is 12.8 Å². The number of halogens is 1. The van der Waals surface area contributed by atoms with Gasteiger partial charge in [0.25, 0.3) is 0 Å². The van der Waals surface area contributed by atoms with Gasteiger partial charge in [-0.1, -0.05) is 60.7 Å². The number of nitrogens with two attached hydrogens (primary N) is 1. The van der Waals surface area contributed by atoms with Gasteiger partial charge in [-0.25, -0.2) is 0 Å². The first-order valence-corrected chi connectivity index (χ1v) is 8.16. The molecule has 0 fully saturated rings. The van der Waals surface area contributed by atoms with Gasteiger partial charge in [-0.2, -0.15) is 0 Å². The van der Waals surface area contributed by atoms with E-state index in [1.54, 1.807) is 0 Å². The minimum atomic E-state index is 0. The molecule has 0 saturated carbocycles. The molecule has 0 saturated heterocycles. The van der Waals surface area contributed by atoms with Crippen molar-refractivity contribution in [1.82, 2.24) is 0 Å². The average molecular weight is 318 g/mol. The lowest BCUT2D eigenvalue weighted by atomic mass is 9.89. The zero-order valence-corrected chi connectivity index (χ0v) is 14.1. The van der Waals surface area contributed by atoms with Crippen LogP contribution in [0.2, 0.25) is 0 Å². The number of rotatable bonds is 9. The highest BCUT2D eigenvalue weighted by molar-refractivity contribution is 5.85. The standard InChI is InChI=1S/C20H27N.ClH/c21-17-7-12-20(15-13-18-8-3-1-4-9-18)16-14-19-10-5-2-6-11-19;/h1-6,8-11,20H,7,12-17,21H2;1H. The largest absolute Gasteiger partial charge is 0.330 e. The van der Waals surface area contributed by atoms with E-state index in [-0.39, 0.29) is 12.4 Å². The molecular formula is C20H28ClN. The van der Waals surface area contributed by atoms with Gasteiger partial charge in [-0.05, 0) is 62.1 Å². The molecule has 0 unspecified atom stereocenters. The smallest absolute Gasteiger partial charge is 0.00772 e. The van der Waals surface area contributed by atoms with Gasteiger partial charge in [-0.15, -0.1) is 12.4 Å². The van der Waals surface area contributed by atoms with Crippen LogP contribution in [0, 0.1) is 5.92 Å². The summed E-state index contributed by atoms with van der Waals surface area (Å²) < 4.78 is 0. The Bertz CT molecular complexity index is 440. The quantitative estimate of drug-likeness (QED) is 0.689. The third-order valence-corrected chi connectivity index (χ3v) is 4.18. The van der Waals surface area contributed by atoms with Crippen molar-refractivity contribution in [2.24, 2.45) is 11.7 Å². The second-order valence-corrected chi connectivity index (χ2v) is 5.85. The molecule has 0 radical (unpaired) electrons. The van der Waals surface area contributed by atoms with Gasteiger partial charge in [0, 0.05) is 0 Å². The Kier molecular flexibility index (Phi) is 9.61. The Morgan fingerprint density at radius 1 is 0.682 bits per heavy atom. The fraction of sp³-hybridized carbons (Fsp3) is 0.400. The van der Waals surface area contributed by atoms with Crippen LogP contribution < -0.4 is 5.73 Å². The summed E-state index contributed by atoms with van der Waals surface area (Å²) in [6.45, 7) is 0.813. The molecule has 1 nitrogen and oxygen atoms in total. The monoisotopic (exact) mass is 317 g/mol. The predicted molar refractivity (Wildman–Crippen MR) is 98.6 cm³/mol. The molecule has 2 rings (SSSR count). The summed E-state index contributed by atoms with van der Waals surface area (Å²) in [6, 6.07) is 21.6. The first kappa shape index (κ1) is 18.7. The molecule has 0 amide bonds. The second-order valence-electron chi connectivity index (χ2n) is 5.85. The highest BCUT2D eigenvalue weighted by Gasteiger charge is 2.09. The topological polar surface area (TPSA) is 26.0 Å². The molecule has 0 aliphatic carbocycles. The Hall–Kier alpha value is -1.31. The Labute approximate surface area is 141 Å². The number of hydrogen-bond donors (Lipinski definition) is 1. The maximum absolute atomic E-state index is 5.69. The molecule has 2 heteroatoms. The van der Waals surface area contributed by atoms with Gasteiger partial charge < -0.3 is 5.73 Å². The molecule has 0 aliphatic heterocycles. The van der Waals surface area contributed by atoms with E-state index in [0.29, 0.717) is 0 Å². The molecule has 22 heavy (non-hydrogen) atoms. The molecule has 2 aromatic rings. The van der Waals surface area contributed by atoms with Gasteiger partial charge in [0.05, 0.1) is 0 Å². The molecule has 0 heterocycles. The van der Waals surface area contributed by atoms with Crippen molar-refractivity contribution in [2.45, 2.75) is 38.5 Å². The Balaban J connectivity index is 0.00000242. The van der Waals surface area contributed by atoms with Gasteiger partial charge in [0.2, 0.25) is 0 Å². The van der Waals surface area contributed by atoms with Gasteiger partial charge >= 0.3 is 0 Å². The van der Waals surface area contributed by atoms with E-state index in [9.17, 15) is 0 Å². The summed E-state index contributed by atoms with van der Waals surface area (Å²) in [5, 5.41) is 0. The third-order valence-electron chi connectivity index (χ3n) is 4.18. The van der Waals surface area contributed by atoms with E-state index >= 15 is 0 Å². The van der Waals surface area contributed by atoms with Crippen molar-refractivity contribution in [3.63, 3.8) is 0 Å². The minimum absolute atomic E-state index is 0. The first-order chi connectivity index (χ1) is 10.4. The van der Waals surface area contributed by atoms with E-state index < -0.39 is 0 Å². The van der Waals surface area contributed by atoms with Crippen molar-refractivity contribution < 1.29 is 0 Å². The molecule has 0 atom stereocenters. The molecule has 0 bridgehead atoms. The van der Waals surface area contributed by atoms with E-state index in [4.69, 9.17) is 5.73 Å². The molecular weight excluding hydrogens is 290 g/mol. The summed E-state index contributed by atoms with van der Waals surface area (Å²) in [7, 11) is 0. The van der Waals surface area contributed by atoms with Crippen LogP contribution in [0.1, 0.15) is 36.8 Å². The predicted octanol–water partition coefficient (Wildman–Crippen LogP) is 5.03. The lowest BCUT2D eigenvalue weighted by molar-refractivity contribution is 0.411. The zero-order valence-electron chi connectivity index (χ0n) is 13.3. The van der Waals surface area contributed by atoms with E-state index in [1.807, 2.05) is 0 Å². The van der Waals surface area contributed by atoms with Crippen LogP contribution in [0.3, 0.4) is 0 Å². The summed E-state index contributed by atoms with van der Waals surface area (Å²) in [4.78, 5) is 0. The van der Waals surface area contributed by atoms with Crippen LogP contribution >= 0.6 is 12.4 Å². The maximum Gasteiger partial charge on any atom is -0.00772 e. The molecule has 2 aromatic carbocycles. The minimum Gasteiger partial charge on any atom is -0.330 e. The summed E-state index contributed by atoms with van der Waals surface area (Å²) >= 11 is 0. The summed E-state index contributed by atoms with van der Waals surface area (Å²) in [5.74, 6) is 0.786. The van der Waals surface area contributed by atoms with E-state index in [1.165, 1.54) is 43.2 Å². The van der Waals surface area contributed by atoms with Crippen molar-refractivity contribution in [3.8, 4) is 0 Å². The fourth-order valence-corrected chi connectivity index (χ4v) is 2.87. The van der Waals surface area contributed by atoms with Crippen molar-refractivity contribution in [2.75, 3.05) is 6.54 Å². The molecule has 0 spiro atoms. The normalized spacial score (nSPS) is 10.5. The van der Waals surface area contributed by atoms with Gasteiger partial charge in [-0.3, -0.25) is 0 Å². The first-order valence-electron chi connectivity index (χ1n) is 8.16. The van der Waals surface area contributed by atoms with Crippen molar-refractivity contribution >= 4 is 12.4 Å². The van der Waals surface area contributed by atoms with Crippen LogP contribution in [0.15, 0.2) is 60.7 Å². The highest BCUT2D eigenvalue weighted by atomic mass is 35.5. The third kappa shape index (κ3) is 7.11. The number of aryl methyl sites for hydroxylation is 2. The van der Waals surface area contributed by atoms with Crippen LogP contribution in [0.5, 0.6) is 0 Å². The SMILES string of the molecule is Cl.NCCCC(CCc1ccccc1)CCc1ccccc1. The molecule has 0 aromatic heterocycles. The average Bonchev–Trinajstić information content (AvgIpc) is 2.56. The van der Waals surface area contributed by atoms with Gasteiger partial charge in [0.1, 0.15) is 0 Å². The number of benzene rings is 2. The van der Waals surface area contributed by atoms with Crippen LogP contribution in [0.4, 0.5) is 0 Å². The molecule has 2 N–H and O–H groups in total. The number of hydrogen-bond acceptors (Lipinski definition) is 1. The Morgan fingerprint density at radius 3 is 1.55 bits per heavy atom. The fourth-order valence-electron chi connectivity index (χ4n) is 2.87. The summed E-state index contributed by atoms with van der Waals surface area (Å²) in [6.07, 6.45) is 7.33. The molecule has 120 valence electrons. The van der Waals surface area contributed by atoms with Crippen LogP contribution in [-0.4, -0.2) is 6.54 Å². The molecule has 0 aliphatic rings. The zero-order chi connectivity index (χ0) is 14.8. The van der Waals surface area contributed by atoms with E-state index in [2.05, 4.69) is 60.7 Å². The van der Waals surface area contributed by atoms with Crippen molar-refractivity contribution in [1.29, 1.82) is 0 Å². The lowest BCUT2D eigenvalue weighted by Crippen LogP contribution is -2.08. The summed E-state index contributed by atoms with van der Waals surface area (Å²) in [5.41, 5.74) is 8.60. The van der Waals surface area contributed by atoms with Crippen molar-refractivity contribution in [3.05, 3.63) is 71.8 Å². The maximum atomic E-state index is 5.69. The van der Waals surface area contributed by atoms with Gasteiger partial charge in [0.15, 0.2) is 0 Å². The van der Waals surface area contributed by atoms with Crippen LogP contribution in [0.25, 0.3) is 0 Å². The Morgan fingerprint density at radius 2 is 1.14 bits per heavy atom. The highest BCUT2D eigenvalue weighted by Crippen LogP contribution is 2.21. The lowest BCUT2D eigenvalue weighted by Gasteiger charge is -2.16. The van der Waals surface area contributed by atoms with E-state index in [0.717, 1.165) is 18.9 Å². The second kappa shape index (κ2) is 11.3.